The molecule has 2 rings (SSSR count). The van der Waals surface area contributed by atoms with Gasteiger partial charge in [-0.25, -0.2) is 4.39 Å². The summed E-state index contributed by atoms with van der Waals surface area (Å²) in [5.74, 6) is -0.300. The van der Waals surface area contributed by atoms with E-state index in [2.05, 4.69) is 15.5 Å². The Morgan fingerprint density at radius 2 is 2.00 bits per heavy atom. The van der Waals surface area contributed by atoms with Crippen molar-refractivity contribution in [3.8, 4) is 0 Å². The lowest BCUT2D eigenvalue weighted by Crippen LogP contribution is -2.10. The Hall–Kier alpha value is -1.61. The normalized spacial score (nSPS) is 11.9. The van der Waals surface area contributed by atoms with Gasteiger partial charge in [-0.1, -0.05) is 17.8 Å². The van der Waals surface area contributed by atoms with Crippen LogP contribution in [-0.4, -0.2) is 21.8 Å². The van der Waals surface area contributed by atoms with Crippen molar-refractivity contribution >= 4 is 11.8 Å². The van der Waals surface area contributed by atoms with Crippen LogP contribution in [0.5, 0.6) is 0 Å². The molecule has 0 aliphatic carbocycles. The molecule has 0 radical (unpaired) electrons. The molecule has 1 N–H and O–H groups in total. The molecule has 0 bridgehead atoms. The number of nitrogens with zero attached hydrogens (tertiary/aromatic N) is 3. The number of rotatable bonds is 5. The van der Waals surface area contributed by atoms with E-state index >= 15 is 0 Å². The summed E-state index contributed by atoms with van der Waals surface area (Å²) in [4.78, 5) is 0. The van der Waals surface area contributed by atoms with Crippen LogP contribution in [0.1, 0.15) is 17.0 Å². The predicted molar refractivity (Wildman–Crippen MR) is 74.7 cm³/mol. The van der Waals surface area contributed by atoms with E-state index in [0.717, 1.165) is 18.0 Å². The van der Waals surface area contributed by atoms with Crippen LogP contribution >= 0.6 is 11.8 Å². The summed E-state index contributed by atoms with van der Waals surface area (Å²) in [5, 5.41) is 11.5. The third-order valence-corrected chi connectivity index (χ3v) is 4.06. The van der Waals surface area contributed by atoms with Gasteiger partial charge in [0.15, 0.2) is 5.16 Å². The summed E-state index contributed by atoms with van der Waals surface area (Å²) < 4.78 is 53.0. The Labute approximate surface area is 128 Å². The molecule has 0 atom stereocenters. The van der Waals surface area contributed by atoms with Crippen LogP contribution in [-0.2, 0) is 25.5 Å². The van der Waals surface area contributed by atoms with Gasteiger partial charge in [0.2, 0.25) is 0 Å². The van der Waals surface area contributed by atoms with Crippen LogP contribution in [0.4, 0.5) is 17.6 Å². The summed E-state index contributed by atoms with van der Waals surface area (Å²) in [7, 11) is 3.56. The van der Waals surface area contributed by atoms with Gasteiger partial charge in [-0.3, -0.25) is 0 Å². The Morgan fingerprint density at radius 1 is 1.27 bits per heavy atom. The lowest BCUT2D eigenvalue weighted by Gasteiger charge is -2.10. The first kappa shape index (κ1) is 16.8. The third kappa shape index (κ3) is 3.77. The van der Waals surface area contributed by atoms with Gasteiger partial charge in [-0.2, -0.15) is 13.2 Å². The molecule has 0 fully saturated rings. The van der Waals surface area contributed by atoms with Crippen molar-refractivity contribution in [1.29, 1.82) is 0 Å². The topological polar surface area (TPSA) is 42.7 Å². The van der Waals surface area contributed by atoms with Gasteiger partial charge in [-0.05, 0) is 24.7 Å². The zero-order valence-electron chi connectivity index (χ0n) is 11.9. The van der Waals surface area contributed by atoms with Crippen molar-refractivity contribution in [2.45, 2.75) is 23.6 Å². The second kappa shape index (κ2) is 6.66. The highest BCUT2D eigenvalue weighted by Crippen LogP contribution is 2.33. The zero-order chi connectivity index (χ0) is 16.3. The molecular weight excluding hydrogens is 320 g/mol. The molecule has 0 saturated carbocycles. The van der Waals surface area contributed by atoms with E-state index in [9.17, 15) is 17.6 Å². The maximum absolute atomic E-state index is 13.2. The highest BCUT2D eigenvalue weighted by Gasteiger charge is 2.34. The molecule has 0 spiro atoms. The Kier molecular flexibility index (Phi) is 5.07. The molecule has 1 aromatic carbocycles. The van der Waals surface area contributed by atoms with Crippen molar-refractivity contribution in [3.63, 3.8) is 0 Å². The first-order valence-electron chi connectivity index (χ1n) is 6.34. The fraction of sp³-hybridized carbons (Fsp3) is 0.385. The van der Waals surface area contributed by atoms with Crippen LogP contribution in [0.2, 0.25) is 0 Å². The van der Waals surface area contributed by atoms with Crippen molar-refractivity contribution < 1.29 is 17.6 Å². The molecule has 4 nitrogen and oxygen atoms in total. The fourth-order valence-corrected chi connectivity index (χ4v) is 2.68. The summed E-state index contributed by atoms with van der Waals surface area (Å²) in [6.07, 6.45) is -4.70. The van der Waals surface area contributed by atoms with E-state index in [-0.39, 0.29) is 5.75 Å². The van der Waals surface area contributed by atoms with Crippen LogP contribution in [0.15, 0.2) is 23.4 Å². The Morgan fingerprint density at radius 3 is 2.64 bits per heavy atom. The molecule has 22 heavy (non-hydrogen) atoms. The van der Waals surface area contributed by atoms with Gasteiger partial charge in [-0.15, -0.1) is 10.2 Å². The minimum Gasteiger partial charge on any atom is -0.313 e. The maximum Gasteiger partial charge on any atom is 0.419 e. The molecule has 1 aromatic heterocycles. The maximum atomic E-state index is 13.2. The molecule has 0 aliphatic heterocycles. The number of hydrogen-bond acceptors (Lipinski definition) is 4. The number of thioether (sulfide) groups is 1. The molecule has 0 amide bonds. The molecule has 0 saturated heterocycles. The summed E-state index contributed by atoms with van der Waals surface area (Å²) in [6.45, 7) is 0.541. The number of hydrogen-bond donors (Lipinski definition) is 1. The van der Waals surface area contributed by atoms with E-state index in [1.54, 1.807) is 18.7 Å². The van der Waals surface area contributed by atoms with Crippen LogP contribution in [0.3, 0.4) is 0 Å². The first-order chi connectivity index (χ1) is 10.3. The van der Waals surface area contributed by atoms with Gasteiger partial charge in [0.25, 0.3) is 0 Å². The quantitative estimate of drug-likeness (QED) is 0.674. The fourth-order valence-electron chi connectivity index (χ4n) is 1.81. The lowest BCUT2D eigenvalue weighted by atomic mass is 10.1. The van der Waals surface area contributed by atoms with Crippen molar-refractivity contribution in [3.05, 3.63) is 41.0 Å². The smallest absolute Gasteiger partial charge is 0.313 e. The minimum atomic E-state index is -4.70. The molecule has 0 unspecified atom stereocenters. The number of benzene rings is 1. The van der Waals surface area contributed by atoms with Gasteiger partial charge >= 0.3 is 6.18 Å². The van der Waals surface area contributed by atoms with Gasteiger partial charge < -0.3 is 9.88 Å². The predicted octanol–water partition coefficient (Wildman–Crippen LogP) is 2.98. The number of halogens is 4. The molecule has 2 aromatic rings. The van der Waals surface area contributed by atoms with Crippen molar-refractivity contribution in [1.82, 2.24) is 20.1 Å². The third-order valence-electron chi connectivity index (χ3n) is 2.96. The monoisotopic (exact) mass is 334 g/mol. The van der Waals surface area contributed by atoms with Crippen molar-refractivity contribution in [2.75, 3.05) is 7.05 Å². The average Bonchev–Trinajstić information content (AvgIpc) is 2.78. The number of alkyl halides is 3. The standard InChI is InChI=1S/C13H14F4N4S/c1-18-6-11-19-20-12(21(11)2)22-7-8-3-4-10(14)9(5-8)13(15,16)17/h3-5,18H,6-7H2,1-2H3. The average molecular weight is 334 g/mol. The lowest BCUT2D eigenvalue weighted by molar-refractivity contribution is -0.140. The van der Waals surface area contributed by atoms with Crippen LogP contribution in [0, 0.1) is 5.82 Å². The second-order valence-electron chi connectivity index (χ2n) is 4.59. The van der Waals surface area contributed by atoms with E-state index in [4.69, 9.17) is 0 Å². The van der Waals surface area contributed by atoms with E-state index < -0.39 is 17.6 Å². The van der Waals surface area contributed by atoms with Gasteiger partial charge in [0, 0.05) is 12.8 Å². The Bertz CT molecular complexity index is 654. The van der Waals surface area contributed by atoms with E-state index in [1.807, 2.05) is 0 Å². The first-order valence-corrected chi connectivity index (χ1v) is 7.32. The number of nitrogens with one attached hydrogen (secondary N) is 1. The number of aromatic nitrogens is 3. The minimum absolute atomic E-state index is 0.245. The molecule has 0 aliphatic rings. The second-order valence-corrected chi connectivity index (χ2v) is 5.53. The van der Waals surface area contributed by atoms with Crippen LogP contribution < -0.4 is 5.32 Å². The van der Waals surface area contributed by atoms with Crippen LogP contribution in [0.25, 0.3) is 0 Å². The van der Waals surface area contributed by atoms with E-state index in [1.165, 1.54) is 17.8 Å². The van der Waals surface area contributed by atoms with Crippen molar-refractivity contribution in [2.24, 2.45) is 7.05 Å². The highest BCUT2D eigenvalue weighted by atomic mass is 32.2. The Balaban J connectivity index is 2.12. The van der Waals surface area contributed by atoms with E-state index in [0.29, 0.717) is 17.3 Å². The molecule has 120 valence electrons. The molecule has 9 heteroatoms. The largest absolute Gasteiger partial charge is 0.419 e. The molecular formula is C13H14F4N4S. The SMILES string of the molecule is CNCc1nnc(SCc2ccc(F)c(C(F)(F)F)c2)n1C. The van der Waals surface area contributed by atoms with Gasteiger partial charge in [0.05, 0.1) is 12.1 Å². The highest BCUT2D eigenvalue weighted by molar-refractivity contribution is 7.98. The summed E-state index contributed by atoms with van der Waals surface area (Å²) in [6, 6.07) is 3.00. The zero-order valence-corrected chi connectivity index (χ0v) is 12.7. The summed E-state index contributed by atoms with van der Waals surface area (Å²) in [5.41, 5.74) is -0.878. The molecule has 1 heterocycles. The summed E-state index contributed by atoms with van der Waals surface area (Å²) >= 11 is 1.24. The van der Waals surface area contributed by atoms with Gasteiger partial charge in [0.1, 0.15) is 11.6 Å².